The summed E-state index contributed by atoms with van der Waals surface area (Å²) in [6.07, 6.45) is 7.91. The molecule has 128 valence electrons. The third-order valence-electron chi connectivity index (χ3n) is 5.00. The second-order valence-electron chi connectivity index (χ2n) is 6.59. The van der Waals surface area contributed by atoms with E-state index in [1.165, 1.54) is 6.42 Å². The van der Waals surface area contributed by atoms with Crippen LogP contribution in [0.2, 0.25) is 0 Å². The lowest BCUT2D eigenvalue weighted by molar-refractivity contribution is 0.352. The van der Waals surface area contributed by atoms with Gasteiger partial charge in [-0.2, -0.15) is 5.26 Å². The number of nitriles is 1. The van der Waals surface area contributed by atoms with Gasteiger partial charge in [0.1, 0.15) is 11.8 Å². The first-order valence-corrected chi connectivity index (χ1v) is 9.95. The number of hydrogen-bond acceptors (Lipinski definition) is 4. The minimum atomic E-state index is -3.46. The molecule has 0 aromatic heterocycles. The average Bonchev–Trinajstić information content (AvgIpc) is 2.96. The van der Waals surface area contributed by atoms with Crippen LogP contribution in [0, 0.1) is 11.3 Å². The molecule has 0 radical (unpaired) electrons. The largest absolute Gasteiger partial charge is 0.359 e. The van der Waals surface area contributed by atoms with Crippen molar-refractivity contribution in [2.45, 2.75) is 55.5 Å². The fourth-order valence-electron chi connectivity index (χ4n) is 3.55. The van der Waals surface area contributed by atoms with Crippen molar-refractivity contribution in [3.8, 4) is 6.07 Å². The van der Waals surface area contributed by atoms with Crippen LogP contribution in [0.3, 0.4) is 0 Å². The van der Waals surface area contributed by atoms with Crippen LogP contribution < -0.4 is 4.72 Å². The second kappa shape index (κ2) is 6.96. The molecule has 0 bridgehead atoms. The van der Waals surface area contributed by atoms with Crippen molar-refractivity contribution in [1.82, 2.24) is 9.62 Å². The lowest BCUT2D eigenvalue weighted by Gasteiger charge is -2.24. The molecule has 1 aromatic carbocycles. The highest BCUT2D eigenvalue weighted by molar-refractivity contribution is 7.89. The Kier molecular flexibility index (Phi) is 4.93. The van der Waals surface area contributed by atoms with E-state index in [2.05, 4.69) is 10.8 Å². The first kappa shape index (κ1) is 17.0. The van der Waals surface area contributed by atoms with Gasteiger partial charge in [0, 0.05) is 13.1 Å². The van der Waals surface area contributed by atoms with Gasteiger partial charge in [0.05, 0.1) is 10.9 Å². The molecular formula is C18H23N3O2S. The Hall–Kier alpha value is -1.84. The highest BCUT2D eigenvalue weighted by atomic mass is 32.2. The van der Waals surface area contributed by atoms with Gasteiger partial charge in [0.25, 0.3) is 0 Å². The van der Waals surface area contributed by atoms with Gasteiger partial charge in [-0.3, -0.25) is 0 Å². The molecule has 0 spiro atoms. The molecule has 0 amide bonds. The third-order valence-corrected chi connectivity index (χ3v) is 6.54. The van der Waals surface area contributed by atoms with Crippen molar-refractivity contribution < 1.29 is 8.42 Å². The Morgan fingerprint density at radius 3 is 2.42 bits per heavy atom. The van der Waals surface area contributed by atoms with Crippen molar-refractivity contribution in [1.29, 1.82) is 5.26 Å². The SMILES string of the molecule is CN1C(C#N)=CCC1c1ccc(S(=O)(=O)NC2CCCCC2)cc1. The highest BCUT2D eigenvalue weighted by Crippen LogP contribution is 2.33. The predicted molar refractivity (Wildman–Crippen MR) is 92.5 cm³/mol. The summed E-state index contributed by atoms with van der Waals surface area (Å²) >= 11 is 0. The molecule has 1 saturated carbocycles. The number of hydrogen-bond donors (Lipinski definition) is 1. The van der Waals surface area contributed by atoms with Crippen molar-refractivity contribution in [2.75, 3.05) is 7.05 Å². The summed E-state index contributed by atoms with van der Waals surface area (Å²) in [5.41, 5.74) is 1.69. The standard InChI is InChI=1S/C18H23N3O2S/c1-21-16(13-19)9-12-18(21)14-7-10-17(11-8-14)24(22,23)20-15-5-3-2-4-6-15/h7-11,15,18,20H,2-6,12H2,1H3. The van der Waals surface area contributed by atoms with Crippen LogP contribution in [0.4, 0.5) is 0 Å². The lowest BCUT2D eigenvalue weighted by Crippen LogP contribution is -2.36. The van der Waals surface area contributed by atoms with E-state index in [0.29, 0.717) is 10.6 Å². The first-order chi connectivity index (χ1) is 11.5. The van der Waals surface area contributed by atoms with Gasteiger partial charge in [-0.25, -0.2) is 13.1 Å². The minimum absolute atomic E-state index is 0.0618. The van der Waals surface area contributed by atoms with Crippen molar-refractivity contribution in [2.24, 2.45) is 0 Å². The van der Waals surface area contributed by atoms with Gasteiger partial charge < -0.3 is 4.90 Å². The number of rotatable bonds is 4. The van der Waals surface area contributed by atoms with Crippen molar-refractivity contribution >= 4 is 10.0 Å². The van der Waals surface area contributed by atoms with Gasteiger partial charge >= 0.3 is 0 Å². The molecule has 1 N–H and O–H groups in total. The summed E-state index contributed by atoms with van der Waals surface area (Å²) in [5.74, 6) is 0. The smallest absolute Gasteiger partial charge is 0.240 e. The van der Waals surface area contributed by atoms with Crippen LogP contribution in [0.25, 0.3) is 0 Å². The van der Waals surface area contributed by atoms with E-state index in [4.69, 9.17) is 5.26 Å². The van der Waals surface area contributed by atoms with Crippen LogP contribution >= 0.6 is 0 Å². The molecule has 1 aromatic rings. The first-order valence-electron chi connectivity index (χ1n) is 8.46. The average molecular weight is 345 g/mol. The molecule has 0 saturated heterocycles. The lowest BCUT2D eigenvalue weighted by atomic mass is 9.96. The maximum absolute atomic E-state index is 12.5. The number of sulfonamides is 1. The molecule has 1 fully saturated rings. The fraction of sp³-hybridized carbons (Fsp3) is 0.500. The third kappa shape index (κ3) is 3.47. The van der Waals surface area contributed by atoms with E-state index in [1.807, 2.05) is 30.2 Å². The Bertz CT molecular complexity index is 756. The number of benzene rings is 1. The molecule has 2 aliphatic rings. The van der Waals surface area contributed by atoms with Crippen LogP contribution in [0.1, 0.15) is 50.1 Å². The minimum Gasteiger partial charge on any atom is -0.359 e. The molecule has 24 heavy (non-hydrogen) atoms. The van der Waals surface area contributed by atoms with Gasteiger partial charge in [0.2, 0.25) is 10.0 Å². The summed E-state index contributed by atoms with van der Waals surface area (Å²) in [4.78, 5) is 2.25. The molecule has 1 atom stereocenters. The molecule has 1 aliphatic carbocycles. The quantitative estimate of drug-likeness (QED) is 0.910. The van der Waals surface area contributed by atoms with E-state index in [1.54, 1.807) is 12.1 Å². The zero-order chi connectivity index (χ0) is 17.2. The summed E-state index contributed by atoms with van der Waals surface area (Å²) < 4.78 is 27.9. The maximum Gasteiger partial charge on any atom is 0.240 e. The van der Waals surface area contributed by atoms with Crippen LogP contribution in [0.15, 0.2) is 40.9 Å². The molecule has 6 heteroatoms. The molecule has 1 unspecified atom stereocenters. The van der Waals surface area contributed by atoms with Crippen molar-refractivity contribution in [3.63, 3.8) is 0 Å². The number of nitrogens with one attached hydrogen (secondary N) is 1. The predicted octanol–water partition coefficient (Wildman–Crippen LogP) is 3.08. The molecule has 3 rings (SSSR count). The summed E-state index contributed by atoms with van der Waals surface area (Å²) in [7, 11) is -1.57. The summed E-state index contributed by atoms with van der Waals surface area (Å²) in [5, 5.41) is 9.06. The number of nitrogens with zero attached hydrogens (tertiary/aromatic N) is 2. The van der Waals surface area contributed by atoms with Crippen LogP contribution in [-0.2, 0) is 10.0 Å². The molecule has 1 heterocycles. The topological polar surface area (TPSA) is 73.2 Å². The fourth-order valence-corrected chi connectivity index (χ4v) is 4.86. The van der Waals surface area contributed by atoms with E-state index in [0.717, 1.165) is 37.7 Å². The highest BCUT2D eigenvalue weighted by Gasteiger charge is 2.25. The normalized spacial score (nSPS) is 22.2. The monoisotopic (exact) mass is 345 g/mol. The molecule has 1 aliphatic heterocycles. The zero-order valence-electron chi connectivity index (χ0n) is 13.9. The Balaban J connectivity index is 1.71. The second-order valence-corrected chi connectivity index (χ2v) is 8.30. The van der Waals surface area contributed by atoms with Crippen LogP contribution in [0.5, 0.6) is 0 Å². The number of allylic oxidation sites excluding steroid dienone is 1. The van der Waals surface area contributed by atoms with Crippen molar-refractivity contribution in [3.05, 3.63) is 41.6 Å². The molecule has 5 nitrogen and oxygen atoms in total. The van der Waals surface area contributed by atoms with Gasteiger partial charge in [-0.15, -0.1) is 0 Å². The van der Waals surface area contributed by atoms with E-state index in [-0.39, 0.29) is 12.1 Å². The van der Waals surface area contributed by atoms with E-state index < -0.39 is 10.0 Å². The van der Waals surface area contributed by atoms with Gasteiger partial charge in [0.15, 0.2) is 0 Å². The molecular weight excluding hydrogens is 322 g/mol. The van der Waals surface area contributed by atoms with Crippen LogP contribution in [-0.4, -0.2) is 26.4 Å². The van der Waals surface area contributed by atoms with E-state index in [9.17, 15) is 8.42 Å². The Morgan fingerprint density at radius 2 is 1.83 bits per heavy atom. The zero-order valence-corrected chi connectivity index (χ0v) is 14.7. The Morgan fingerprint density at radius 1 is 1.17 bits per heavy atom. The Labute approximate surface area is 144 Å². The van der Waals surface area contributed by atoms with E-state index >= 15 is 0 Å². The summed E-state index contributed by atoms with van der Waals surface area (Å²) in [6, 6.07) is 9.37. The summed E-state index contributed by atoms with van der Waals surface area (Å²) in [6.45, 7) is 0. The van der Waals surface area contributed by atoms with Gasteiger partial charge in [-0.1, -0.05) is 31.4 Å². The maximum atomic E-state index is 12.5. The van der Waals surface area contributed by atoms with Gasteiger partial charge in [-0.05, 0) is 43.0 Å².